The van der Waals surface area contributed by atoms with Crippen LogP contribution in [0.5, 0.6) is 0 Å². The zero-order chi connectivity index (χ0) is 71.7. The fourth-order valence-corrected chi connectivity index (χ4v) is 13.5. The Hall–Kier alpha value is -1.94. The van der Waals surface area contributed by atoms with Crippen molar-refractivity contribution in [3.8, 4) is 0 Å². The van der Waals surface area contributed by atoms with Crippen LogP contribution in [-0.2, 0) is 65.4 Å². The van der Waals surface area contributed by atoms with Gasteiger partial charge in [0.1, 0.15) is 19.3 Å². The van der Waals surface area contributed by atoms with Crippen molar-refractivity contribution < 1.29 is 80.2 Å². The number of phosphoric acid groups is 2. The van der Waals surface area contributed by atoms with Crippen LogP contribution in [0.1, 0.15) is 396 Å². The summed E-state index contributed by atoms with van der Waals surface area (Å²) in [4.78, 5) is 72.9. The largest absolute Gasteiger partial charge is 0.472 e. The van der Waals surface area contributed by atoms with Crippen molar-refractivity contribution >= 4 is 39.5 Å². The molecule has 19 heteroatoms. The molecule has 0 fully saturated rings. The highest BCUT2D eigenvalue weighted by atomic mass is 31.2. The quantitative estimate of drug-likeness (QED) is 0.0222. The number of phosphoric ester groups is 2. The molecule has 0 bridgehead atoms. The van der Waals surface area contributed by atoms with Gasteiger partial charge in [-0.1, -0.05) is 344 Å². The Balaban J connectivity index is 5.22. The summed E-state index contributed by atoms with van der Waals surface area (Å²) >= 11 is 0. The third-order valence-corrected chi connectivity index (χ3v) is 20.3. The van der Waals surface area contributed by atoms with Crippen LogP contribution < -0.4 is 0 Å². The molecule has 4 unspecified atom stereocenters. The molecule has 0 aromatic rings. The fourth-order valence-electron chi connectivity index (χ4n) is 11.9. The first kappa shape index (κ1) is 95.1. The van der Waals surface area contributed by atoms with Crippen molar-refractivity contribution in [3.05, 3.63) is 0 Å². The first-order valence-corrected chi connectivity index (χ1v) is 43.2. The molecule has 6 atom stereocenters. The Labute approximate surface area is 594 Å². The topological polar surface area (TPSA) is 237 Å². The molecule has 0 aliphatic rings. The van der Waals surface area contributed by atoms with Gasteiger partial charge in [0.05, 0.1) is 26.4 Å². The number of rotatable bonds is 75. The van der Waals surface area contributed by atoms with E-state index in [4.69, 9.17) is 37.0 Å². The SMILES string of the molecule is CCC(C)CCCCCCCCC(=O)O[C@H](COC(=O)CCCCCCCCCCC(C)C)COP(=O)(O)OCC(O)COP(=O)(O)OC[C@@H](COC(=O)CCCCCCCCCCCCCCCCCCC(C)C)OC(=O)CCCCCCCCCCCCCCCCC(C)C. The predicted octanol–water partition coefficient (Wildman–Crippen LogP) is 22.8. The summed E-state index contributed by atoms with van der Waals surface area (Å²) in [5.74, 6) is 0.933. The van der Waals surface area contributed by atoms with Crippen LogP contribution in [0.15, 0.2) is 0 Å². The summed E-state index contributed by atoms with van der Waals surface area (Å²) < 4.78 is 68.6. The van der Waals surface area contributed by atoms with E-state index in [0.29, 0.717) is 25.7 Å². The van der Waals surface area contributed by atoms with Gasteiger partial charge in [-0.25, -0.2) is 9.13 Å². The number of hydrogen-bond donors (Lipinski definition) is 3. The highest BCUT2D eigenvalue weighted by Gasteiger charge is 2.30. The normalized spacial score (nSPS) is 14.4. The van der Waals surface area contributed by atoms with E-state index < -0.39 is 97.5 Å². The van der Waals surface area contributed by atoms with E-state index in [1.165, 1.54) is 199 Å². The molecule has 0 rings (SSSR count). The van der Waals surface area contributed by atoms with Crippen molar-refractivity contribution in [3.63, 3.8) is 0 Å². The second-order valence-corrected chi connectivity index (χ2v) is 32.7. The van der Waals surface area contributed by atoms with E-state index in [2.05, 4.69) is 55.4 Å². The third kappa shape index (κ3) is 70.9. The van der Waals surface area contributed by atoms with Crippen LogP contribution in [-0.4, -0.2) is 96.7 Å². The van der Waals surface area contributed by atoms with Gasteiger partial charge in [-0.2, -0.15) is 0 Å². The zero-order valence-corrected chi connectivity index (χ0v) is 65.5. The Morgan fingerprint density at radius 3 is 0.732 bits per heavy atom. The molecule has 576 valence electrons. The molecule has 0 spiro atoms. The van der Waals surface area contributed by atoms with Crippen LogP contribution in [0.25, 0.3) is 0 Å². The Bertz CT molecular complexity index is 1900. The summed E-state index contributed by atoms with van der Waals surface area (Å²) in [6.45, 7) is 14.2. The minimum absolute atomic E-state index is 0.102. The summed E-state index contributed by atoms with van der Waals surface area (Å²) in [5.41, 5.74) is 0. The number of aliphatic hydroxyl groups excluding tert-OH is 1. The van der Waals surface area contributed by atoms with Gasteiger partial charge in [-0.15, -0.1) is 0 Å². The monoisotopic (exact) mass is 1420 g/mol. The van der Waals surface area contributed by atoms with Crippen molar-refractivity contribution in [2.75, 3.05) is 39.6 Å². The maximum Gasteiger partial charge on any atom is 0.472 e. The molecule has 0 heterocycles. The Kier molecular flexibility index (Phi) is 65.9. The lowest BCUT2D eigenvalue weighted by Crippen LogP contribution is -2.30. The van der Waals surface area contributed by atoms with Crippen molar-refractivity contribution in [1.29, 1.82) is 0 Å². The summed E-state index contributed by atoms with van der Waals surface area (Å²) in [7, 11) is -9.92. The average Bonchev–Trinajstić information content (AvgIpc) is 1.67. The molecule has 0 aromatic carbocycles. The van der Waals surface area contributed by atoms with Crippen molar-refractivity contribution in [2.24, 2.45) is 23.7 Å². The maximum absolute atomic E-state index is 13.1. The van der Waals surface area contributed by atoms with Crippen LogP contribution in [0.3, 0.4) is 0 Å². The number of aliphatic hydroxyl groups is 1. The number of carbonyl (C=O) groups is 4. The highest BCUT2D eigenvalue weighted by Crippen LogP contribution is 2.45. The smallest absolute Gasteiger partial charge is 0.462 e. The second kappa shape index (κ2) is 67.2. The lowest BCUT2D eigenvalue weighted by atomic mass is 10.00. The molecule has 97 heavy (non-hydrogen) atoms. The lowest BCUT2D eigenvalue weighted by Gasteiger charge is -2.21. The van der Waals surface area contributed by atoms with E-state index in [0.717, 1.165) is 114 Å². The standard InChI is InChI=1S/C78H152O17P2/c1-9-71(8)57-49-41-36-37-45-53-61-78(83)95-74(65-89-76(81)59-51-43-34-29-28-32-40-48-56-70(6)7)67-93-97(86,87)91-63-72(79)62-90-96(84,85)92-66-73(94-77(82)60-52-44-35-27-23-19-15-14-17-21-25-31-39-47-55-69(4)5)64-88-75(80)58-50-42-33-26-22-18-13-11-10-12-16-20-24-30-38-46-54-68(2)3/h68-74,79H,9-67H2,1-8H3,(H,84,85)(H,86,87)/t71?,72?,73-,74-/m1/s1. The molecular weight excluding hydrogens is 1270 g/mol. The summed E-state index contributed by atoms with van der Waals surface area (Å²) in [6.07, 6.45) is 52.9. The maximum atomic E-state index is 13.1. The first-order valence-electron chi connectivity index (χ1n) is 40.2. The lowest BCUT2D eigenvalue weighted by molar-refractivity contribution is -0.161. The summed E-state index contributed by atoms with van der Waals surface area (Å²) in [5, 5.41) is 10.6. The number of ether oxygens (including phenoxy) is 4. The van der Waals surface area contributed by atoms with E-state index >= 15 is 0 Å². The number of hydrogen-bond acceptors (Lipinski definition) is 15. The number of unbranched alkanes of at least 4 members (excludes halogenated alkanes) is 40. The molecule has 17 nitrogen and oxygen atoms in total. The second-order valence-electron chi connectivity index (χ2n) is 29.8. The number of carbonyl (C=O) groups excluding carboxylic acids is 4. The van der Waals surface area contributed by atoms with Crippen LogP contribution in [0, 0.1) is 23.7 Å². The molecule has 0 radical (unpaired) electrons. The van der Waals surface area contributed by atoms with Gasteiger partial charge >= 0.3 is 39.5 Å². The number of esters is 4. The van der Waals surface area contributed by atoms with Crippen molar-refractivity contribution in [1.82, 2.24) is 0 Å². The Morgan fingerprint density at radius 2 is 0.495 bits per heavy atom. The summed E-state index contributed by atoms with van der Waals surface area (Å²) in [6, 6.07) is 0. The Morgan fingerprint density at radius 1 is 0.289 bits per heavy atom. The van der Waals surface area contributed by atoms with Gasteiger partial charge in [0.25, 0.3) is 0 Å². The molecule has 0 saturated carbocycles. The van der Waals surface area contributed by atoms with Crippen molar-refractivity contribution in [2.45, 2.75) is 414 Å². The van der Waals surface area contributed by atoms with E-state index in [-0.39, 0.29) is 25.7 Å². The van der Waals surface area contributed by atoms with Gasteiger partial charge in [0, 0.05) is 25.7 Å². The van der Waals surface area contributed by atoms with Gasteiger partial charge in [-0.3, -0.25) is 37.3 Å². The van der Waals surface area contributed by atoms with Gasteiger partial charge in [0.15, 0.2) is 12.2 Å². The molecule has 0 aliphatic heterocycles. The van der Waals surface area contributed by atoms with Crippen LogP contribution in [0.4, 0.5) is 0 Å². The van der Waals surface area contributed by atoms with Crippen LogP contribution >= 0.6 is 15.6 Å². The van der Waals surface area contributed by atoms with E-state index in [9.17, 15) is 43.2 Å². The van der Waals surface area contributed by atoms with Crippen LogP contribution in [0.2, 0.25) is 0 Å². The minimum atomic E-state index is -4.96. The molecule has 0 saturated heterocycles. The van der Waals surface area contributed by atoms with Gasteiger partial charge in [0.2, 0.25) is 0 Å². The minimum Gasteiger partial charge on any atom is -0.462 e. The highest BCUT2D eigenvalue weighted by molar-refractivity contribution is 7.47. The molecule has 0 amide bonds. The van der Waals surface area contributed by atoms with E-state index in [1.807, 2.05) is 0 Å². The molecular formula is C78H152O17P2. The predicted molar refractivity (Wildman–Crippen MR) is 395 cm³/mol. The zero-order valence-electron chi connectivity index (χ0n) is 63.7. The molecule has 0 aromatic heterocycles. The first-order chi connectivity index (χ1) is 46.6. The van der Waals surface area contributed by atoms with E-state index in [1.54, 1.807) is 0 Å². The average molecular weight is 1420 g/mol. The molecule has 0 aliphatic carbocycles. The van der Waals surface area contributed by atoms with Gasteiger partial charge < -0.3 is 33.8 Å². The third-order valence-electron chi connectivity index (χ3n) is 18.4. The molecule has 3 N–H and O–H groups in total. The fraction of sp³-hybridized carbons (Fsp3) is 0.949. The van der Waals surface area contributed by atoms with Gasteiger partial charge in [-0.05, 0) is 49.4 Å².